The topological polar surface area (TPSA) is 97.7 Å². The molecule has 0 aromatic heterocycles. The second kappa shape index (κ2) is 10.7. The van der Waals surface area contributed by atoms with Gasteiger partial charge in [-0.3, -0.25) is 0 Å². The van der Waals surface area contributed by atoms with Gasteiger partial charge in [-0.2, -0.15) is 5.26 Å². The monoisotopic (exact) mass is 458 g/mol. The molecule has 3 rings (SSSR count). The zero-order valence-corrected chi connectivity index (χ0v) is 19.3. The van der Waals surface area contributed by atoms with E-state index in [0.717, 1.165) is 25.7 Å². The number of nitrogens with zero attached hydrogens (tertiary/aromatic N) is 1. The van der Waals surface area contributed by atoms with E-state index in [-0.39, 0.29) is 41.1 Å². The van der Waals surface area contributed by atoms with Crippen LogP contribution in [-0.4, -0.2) is 38.4 Å². The van der Waals surface area contributed by atoms with Crippen molar-refractivity contribution in [1.29, 1.82) is 5.26 Å². The Morgan fingerprint density at radius 2 is 1.78 bits per heavy atom. The van der Waals surface area contributed by atoms with E-state index in [0.29, 0.717) is 17.0 Å². The molecule has 1 fully saturated rings. The van der Waals surface area contributed by atoms with Crippen LogP contribution < -0.4 is 5.32 Å². The fourth-order valence-electron chi connectivity index (χ4n) is 4.26. The van der Waals surface area contributed by atoms with E-state index in [4.69, 9.17) is 25.8 Å². The Labute approximate surface area is 193 Å². The number of carbonyl (C=O) groups is 2. The lowest BCUT2D eigenvalue weighted by Crippen LogP contribution is -2.34. The lowest BCUT2D eigenvalue weighted by molar-refractivity contribution is -0.144. The molecule has 1 atom stereocenters. The van der Waals surface area contributed by atoms with Crippen LogP contribution in [0.15, 0.2) is 40.7 Å². The molecule has 0 bridgehead atoms. The molecule has 8 heteroatoms. The minimum absolute atomic E-state index is 0.0596. The molecule has 1 unspecified atom stereocenters. The molecule has 1 N–H and O–H groups in total. The lowest BCUT2D eigenvalue weighted by Gasteiger charge is -2.31. The van der Waals surface area contributed by atoms with Gasteiger partial charge in [-0.25, -0.2) is 9.59 Å². The summed E-state index contributed by atoms with van der Waals surface area (Å²) in [6.07, 6.45) is 3.51. The van der Waals surface area contributed by atoms with Crippen LogP contribution in [0.25, 0.3) is 0 Å². The number of ether oxygens (including phenoxy) is 3. The fourth-order valence-corrected chi connectivity index (χ4v) is 4.49. The van der Waals surface area contributed by atoms with Gasteiger partial charge in [-0.15, -0.1) is 0 Å². The standard InChI is InChI=1S/C24H27ClN2O5/c1-14-20(23(28)31-12-11-30-3)22(17-9-6-10-19(25)18(17)13-26)21(15(2)27-14)24(29)32-16-7-4-5-8-16/h6,9-10,16,22,27H,4-5,7-8,11-12H2,1-3H3. The highest BCUT2D eigenvalue weighted by atomic mass is 35.5. The van der Waals surface area contributed by atoms with E-state index in [1.165, 1.54) is 7.11 Å². The largest absolute Gasteiger partial charge is 0.460 e. The molecule has 2 aliphatic rings. The van der Waals surface area contributed by atoms with Crippen molar-refractivity contribution in [2.75, 3.05) is 20.3 Å². The summed E-state index contributed by atoms with van der Waals surface area (Å²) in [7, 11) is 1.51. The molecule has 0 saturated heterocycles. The van der Waals surface area contributed by atoms with Crippen LogP contribution in [0.5, 0.6) is 0 Å². The first-order valence-corrected chi connectivity index (χ1v) is 11.0. The molecule has 0 amide bonds. The van der Waals surface area contributed by atoms with Crippen LogP contribution in [0.3, 0.4) is 0 Å². The summed E-state index contributed by atoms with van der Waals surface area (Å²) < 4.78 is 16.2. The van der Waals surface area contributed by atoms with Crippen molar-refractivity contribution in [3.8, 4) is 6.07 Å². The van der Waals surface area contributed by atoms with Crippen molar-refractivity contribution in [2.24, 2.45) is 0 Å². The summed E-state index contributed by atoms with van der Waals surface area (Å²) >= 11 is 6.30. The number of esters is 2. The van der Waals surface area contributed by atoms with Gasteiger partial charge in [0.05, 0.1) is 34.3 Å². The average molecular weight is 459 g/mol. The maximum Gasteiger partial charge on any atom is 0.337 e. The highest BCUT2D eigenvalue weighted by molar-refractivity contribution is 6.31. The van der Waals surface area contributed by atoms with Gasteiger partial charge in [0.1, 0.15) is 18.8 Å². The first-order valence-electron chi connectivity index (χ1n) is 10.6. The van der Waals surface area contributed by atoms with Crippen molar-refractivity contribution in [1.82, 2.24) is 5.32 Å². The predicted octanol–water partition coefficient (Wildman–Crippen LogP) is 4.12. The highest BCUT2D eigenvalue weighted by Gasteiger charge is 2.40. The fraction of sp³-hybridized carbons (Fsp3) is 0.458. The first-order chi connectivity index (χ1) is 15.4. The number of allylic oxidation sites excluding steroid dienone is 2. The Bertz CT molecular complexity index is 1000. The lowest BCUT2D eigenvalue weighted by atomic mass is 9.78. The van der Waals surface area contributed by atoms with Gasteiger partial charge in [-0.05, 0) is 51.2 Å². The van der Waals surface area contributed by atoms with Crippen molar-refractivity contribution >= 4 is 23.5 Å². The number of nitrogens with one attached hydrogen (secondary N) is 1. The number of methoxy groups -OCH3 is 1. The molecule has 0 radical (unpaired) electrons. The Morgan fingerprint density at radius 1 is 1.12 bits per heavy atom. The van der Waals surface area contributed by atoms with Gasteiger partial charge in [0.2, 0.25) is 0 Å². The van der Waals surface area contributed by atoms with Gasteiger partial charge < -0.3 is 19.5 Å². The number of carbonyl (C=O) groups excluding carboxylic acids is 2. The molecule has 1 aromatic carbocycles. The van der Waals surface area contributed by atoms with Crippen molar-refractivity contribution < 1.29 is 23.8 Å². The normalized spacial score (nSPS) is 18.9. The third-order valence-corrected chi connectivity index (χ3v) is 6.08. The SMILES string of the molecule is COCCOC(=O)C1=C(C)NC(C)=C(C(=O)OC2CCCC2)C1c1cccc(Cl)c1C#N. The molecule has 1 aliphatic heterocycles. The zero-order chi connectivity index (χ0) is 23.3. The molecule has 170 valence electrons. The molecule has 0 spiro atoms. The third-order valence-electron chi connectivity index (χ3n) is 5.77. The van der Waals surface area contributed by atoms with Gasteiger partial charge in [0.25, 0.3) is 0 Å². The number of hydrogen-bond donors (Lipinski definition) is 1. The molecule has 1 aromatic rings. The summed E-state index contributed by atoms with van der Waals surface area (Å²) in [5.41, 5.74) is 2.28. The summed E-state index contributed by atoms with van der Waals surface area (Å²) in [5.74, 6) is -1.96. The Morgan fingerprint density at radius 3 is 2.41 bits per heavy atom. The molecule has 1 aliphatic carbocycles. The third kappa shape index (κ3) is 4.98. The van der Waals surface area contributed by atoms with Crippen LogP contribution >= 0.6 is 11.6 Å². The van der Waals surface area contributed by atoms with E-state index >= 15 is 0 Å². The van der Waals surface area contributed by atoms with Crippen molar-refractivity contribution in [3.05, 3.63) is 56.9 Å². The van der Waals surface area contributed by atoms with Gasteiger partial charge in [0.15, 0.2) is 0 Å². The smallest absolute Gasteiger partial charge is 0.337 e. The molecular formula is C24H27ClN2O5. The number of dihydropyridines is 1. The molecular weight excluding hydrogens is 432 g/mol. The minimum atomic E-state index is -0.853. The number of nitriles is 1. The minimum Gasteiger partial charge on any atom is -0.460 e. The van der Waals surface area contributed by atoms with Crippen molar-refractivity contribution in [3.63, 3.8) is 0 Å². The Hall–Kier alpha value is -2.82. The van der Waals surface area contributed by atoms with E-state index in [1.54, 1.807) is 32.0 Å². The summed E-state index contributed by atoms with van der Waals surface area (Å²) in [5, 5.41) is 13.1. The van der Waals surface area contributed by atoms with E-state index < -0.39 is 17.9 Å². The number of hydrogen-bond acceptors (Lipinski definition) is 7. The first kappa shape index (κ1) is 23.8. The van der Waals surface area contributed by atoms with Crippen LogP contribution in [0, 0.1) is 11.3 Å². The molecule has 32 heavy (non-hydrogen) atoms. The summed E-state index contributed by atoms with van der Waals surface area (Å²) in [4.78, 5) is 26.4. The predicted molar refractivity (Wildman–Crippen MR) is 119 cm³/mol. The average Bonchev–Trinajstić information content (AvgIpc) is 3.25. The Kier molecular flexibility index (Phi) is 7.94. The van der Waals surface area contributed by atoms with Crippen LogP contribution in [0.4, 0.5) is 0 Å². The van der Waals surface area contributed by atoms with E-state index in [2.05, 4.69) is 11.4 Å². The highest BCUT2D eigenvalue weighted by Crippen LogP contribution is 2.42. The van der Waals surface area contributed by atoms with E-state index in [1.807, 2.05) is 0 Å². The number of benzene rings is 1. The van der Waals surface area contributed by atoms with Crippen molar-refractivity contribution in [2.45, 2.75) is 51.6 Å². The molecule has 1 saturated carbocycles. The molecule has 1 heterocycles. The van der Waals surface area contributed by atoms with Gasteiger partial charge >= 0.3 is 11.9 Å². The van der Waals surface area contributed by atoms with Crippen LogP contribution in [0.1, 0.15) is 56.6 Å². The van der Waals surface area contributed by atoms with Crippen LogP contribution in [-0.2, 0) is 23.8 Å². The van der Waals surface area contributed by atoms with E-state index in [9.17, 15) is 14.9 Å². The maximum absolute atomic E-state index is 13.3. The second-order valence-corrected chi connectivity index (χ2v) is 8.30. The summed E-state index contributed by atoms with van der Waals surface area (Å²) in [6.45, 7) is 3.79. The van der Waals surface area contributed by atoms with Gasteiger partial charge in [0, 0.05) is 18.5 Å². The maximum atomic E-state index is 13.3. The van der Waals surface area contributed by atoms with Gasteiger partial charge in [-0.1, -0.05) is 23.7 Å². The Balaban J connectivity index is 2.09. The quantitative estimate of drug-likeness (QED) is 0.484. The second-order valence-electron chi connectivity index (χ2n) is 7.89. The molecule has 7 nitrogen and oxygen atoms in total. The zero-order valence-electron chi connectivity index (χ0n) is 18.5. The summed E-state index contributed by atoms with van der Waals surface area (Å²) in [6, 6.07) is 7.11. The van der Waals surface area contributed by atoms with Crippen LogP contribution in [0.2, 0.25) is 5.02 Å². The number of rotatable bonds is 7. The number of halogens is 1.